The standard InChI is InChI=1S/C23H24N6.Pt/c1-26(2)22-16-28(18-11-7-5-8-12-18)24-20(22)15-21-23(27(3)4)17-29(25-21)19-13-9-6-10-14-19;/h5-11,13,16-17H,15H2,1-4H3;/q-2;+2. The largest absolute Gasteiger partial charge is 2.00 e. The van der Waals surface area contributed by atoms with Gasteiger partial charge in [-0.25, -0.2) is 0 Å². The molecule has 0 atom stereocenters. The second-order valence-electron chi connectivity index (χ2n) is 7.27. The molecule has 0 aliphatic carbocycles. The summed E-state index contributed by atoms with van der Waals surface area (Å²) in [7, 11) is 8.13. The molecule has 0 saturated carbocycles. The second-order valence-corrected chi connectivity index (χ2v) is 7.27. The average Bonchev–Trinajstić information content (AvgIpc) is 3.34. The molecule has 156 valence electrons. The molecule has 0 N–H and O–H groups in total. The van der Waals surface area contributed by atoms with Crippen LogP contribution in [0.25, 0.3) is 11.4 Å². The second kappa shape index (κ2) is 9.31. The molecule has 2 aromatic heterocycles. The first kappa shape index (κ1) is 21.8. The van der Waals surface area contributed by atoms with Crippen LogP contribution in [0.15, 0.2) is 60.9 Å². The molecule has 2 heterocycles. The van der Waals surface area contributed by atoms with Gasteiger partial charge in [0.2, 0.25) is 0 Å². The van der Waals surface area contributed by atoms with E-state index in [2.05, 4.69) is 21.9 Å². The normalized spacial score (nSPS) is 10.5. The molecule has 0 aliphatic heterocycles. The smallest absolute Gasteiger partial charge is 0.375 e. The first-order chi connectivity index (χ1) is 14.0. The van der Waals surface area contributed by atoms with Crippen LogP contribution in [0.5, 0.6) is 0 Å². The van der Waals surface area contributed by atoms with E-state index in [9.17, 15) is 0 Å². The van der Waals surface area contributed by atoms with Crippen molar-refractivity contribution in [1.29, 1.82) is 0 Å². The molecule has 0 amide bonds. The van der Waals surface area contributed by atoms with Crippen molar-refractivity contribution in [1.82, 2.24) is 19.6 Å². The summed E-state index contributed by atoms with van der Waals surface area (Å²) in [6.45, 7) is 0. The molecule has 0 unspecified atom stereocenters. The van der Waals surface area contributed by atoms with E-state index in [1.54, 1.807) is 0 Å². The number of aromatic nitrogens is 4. The van der Waals surface area contributed by atoms with Gasteiger partial charge in [-0.1, -0.05) is 0 Å². The SMILES string of the molecule is CN(C)c1cn(-c2[c-]cccc2)nc1Cc1nn(-c2[c-]cccc2)cc1N(C)C.[Pt+2]. The molecule has 2 aromatic carbocycles. The van der Waals surface area contributed by atoms with Crippen LogP contribution in [-0.2, 0) is 27.5 Å². The quantitative estimate of drug-likeness (QED) is 0.329. The summed E-state index contributed by atoms with van der Waals surface area (Å²) in [5, 5.41) is 9.70. The van der Waals surface area contributed by atoms with Crippen LogP contribution in [0.2, 0.25) is 0 Å². The summed E-state index contributed by atoms with van der Waals surface area (Å²) < 4.78 is 3.75. The van der Waals surface area contributed by atoms with Crippen molar-refractivity contribution in [2.75, 3.05) is 38.0 Å². The van der Waals surface area contributed by atoms with Gasteiger partial charge in [0.05, 0.1) is 35.2 Å². The summed E-state index contributed by atoms with van der Waals surface area (Å²) >= 11 is 0. The number of hydrogen-bond acceptors (Lipinski definition) is 4. The van der Waals surface area contributed by atoms with Crippen LogP contribution in [0, 0.1) is 12.1 Å². The Labute approximate surface area is 192 Å². The Morgan fingerprint density at radius 3 is 1.50 bits per heavy atom. The van der Waals surface area contributed by atoms with Gasteiger partial charge in [-0.15, -0.1) is 12.1 Å². The van der Waals surface area contributed by atoms with E-state index in [1.165, 1.54) is 0 Å². The Balaban J connectivity index is 0.00000256. The van der Waals surface area contributed by atoms with Crippen molar-refractivity contribution < 1.29 is 21.1 Å². The van der Waals surface area contributed by atoms with Gasteiger partial charge in [-0.05, 0) is 11.4 Å². The molecular weight excluding hydrogens is 555 g/mol. The van der Waals surface area contributed by atoms with Gasteiger partial charge in [-0.3, -0.25) is 9.36 Å². The molecule has 7 heteroatoms. The molecule has 0 bridgehead atoms. The van der Waals surface area contributed by atoms with E-state index in [4.69, 9.17) is 10.2 Å². The maximum atomic E-state index is 4.85. The number of nitrogens with zero attached hydrogens (tertiary/aromatic N) is 6. The zero-order valence-electron chi connectivity index (χ0n) is 17.5. The Hall–Kier alpha value is -2.85. The number of para-hydroxylation sites is 2. The van der Waals surface area contributed by atoms with Crippen LogP contribution in [-0.4, -0.2) is 47.8 Å². The predicted molar refractivity (Wildman–Crippen MR) is 116 cm³/mol. The van der Waals surface area contributed by atoms with Crippen molar-refractivity contribution >= 4 is 11.4 Å². The summed E-state index contributed by atoms with van der Waals surface area (Å²) in [4.78, 5) is 4.16. The molecule has 0 spiro atoms. The van der Waals surface area contributed by atoms with Crippen LogP contribution < -0.4 is 9.80 Å². The van der Waals surface area contributed by atoms with Crippen LogP contribution in [0.3, 0.4) is 0 Å². The minimum absolute atomic E-state index is 0. The Morgan fingerprint density at radius 2 is 1.17 bits per heavy atom. The van der Waals surface area contributed by atoms with Gasteiger partial charge in [0.1, 0.15) is 0 Å². The number of rotatable bonds is 6. The summed E-state index contributed by atoms with van der Waals surface area (Å²) in [6, 6.07) is 22.2. The monoisotopic (exact) mass is 579 g/mol. The van der Waals surface area contributed by atoms with Crippen molar-refractivity contribution in [3.8, 4) is 11.4 Å². The van der Waals surface area contributed by atoms with Gasteiger partial charge < -0.3 is 9.80 Å². The van der Waals surface area contributed by atoms with E-state index in [0.717, 1.165) is 34.1 Å². The summed E-state index contributed by atoms with van der Waals surface area (Å²) in [6.07, 6.45) is 4.71. The fraction of sp³-hybridized carbons (Fsp3) is 0.217. The fourth-order valence-corrected chi connectivity index (χ4v) is 3.26. The van der Waals surface area contributed by atoms with Crippen LogP contribution >= 0.6 is 0 Å². The van der Waals surface area contributed by atoms with Crippen molar-refractivity contribution in [2.45, 2.75) is 6.42 Å². The average molecular weight is 580 g/mol. The molecule has 4 aromatic rings. The maximum Gasteiger partial charge on any atom is 2.00 e. The van der Waals surface area contributed by atoms with Gasteiger partial charge in [0.15, 0.2) is 0 Å². The van der Waals surface area contributed by atoms with E-state index in [1.807, 2.05) is 98.5 Å². The van der Waals surface area contributed by atoms with E-state index < -0.39 is 0 Å². The van der Waals surface area contributed by atoms with E-state index in [-0.39, 0.29) is 21.1 Å². The van der Waals surface area contributed by atoms with Gasteiger partial charge >= 0.3 is 21.1 Å². The Morgan fingerprint density at radius 1 is 0.733 bits per heavy atom. The van der Waals surface area contributed by atoms with E-state index >= 15 is 0 Å². The van der Waals surface area contributed by atoms with Crippen LogP contribution in [0.4, 0.5) is 11.4 Å². The topological polar surface area (TPSA) is 42.1 Å². The van der Waals surface area contributed by atoms with Gasteiger partial charge in [0.25, 0.3) is 0 Å². The molecular formula is C23H24N6Pt. The van der Waals surface area contributed by atoms with Crippen molar-refractivity contribution in [3.05, 3.63) is 84.4 Å². The first-order valence-electron chi connectivity index (χ1n) is 9.49. The first-order valence-corrected chi connectivity index (χ1v) is 9.49. The molecule has 0 fully saturated rings. The van der Waals surface area contributed by atoms with Gasteiger partial charge in [0, 0.05) is 34.6 Å². The summed E-state index contributed by atoms with van der Waals surface area (Å²) in [5.41, 5.74) is 5.90. The third-order valence-electron chi connectivity index (χ3n) is 4.71. The fourth-order valence-electron chi connectivity index (χ4n) is 3.26. The van der Waals surface area contributed by atoms with Crippen molar-refractivity contribution in [2.24, 2.45) is 0 Å². The van der Waals surface area contributed by atoms with Crippen LogP contribution in [0.1, 0.15) is 11.4 Å². The molecule has 0 radical (unpaired) electrons. The van der Waals surface area contributed by atoms with Gasteiger partial charge in [-0.2, -0.15) is 58.7 Å². The third-order valence-corrected chi connectivity index (χ3v) is 4.71. The molecule has 4 rings (SSSR count). The third kappa shape index (κ3) is 4.49. The minimum atomic E-state index is 0. The number of hydrogen-bond donors (Lipinski definition) is 0. The Bertz CT molecular complexity index is 996. The minimum Gasteiger partial charge on any atom is -0.375 e. The summed E-state index contributed by atoms with van der Waals surface area (Å²) in [5.74, 6) is 0. The molecule has 6 nitrogen and oxygen atoms in total. The molecule has 30 heavy (non-hydrogen) atoms. The zero-order chi connectivity index (χ0) is 20.4. The maximum absolute atomic E-state index is 4.85. The number of benzene rings is 2. The zero-order valence-corrected chi connectivity index (χ0v) is 19.8. The Kier molecular flexibility index (Phi) is 6.78. The van der Waals surface area contributed by atoms with E-state index in [0.29, 0.717) is 6.42 Å². The molecule has 0 saturated heterocycles. The predicted octanol–water partition coefficient (Wildman–Crippen LogP) is 3.38. The number of anilines is 2. The molecule has 0 aliphatic rings. The van der Waals surface area contributed by atoms with Crippen molar-refractivity contribution in [3.63, 3.8) is 0 Å².